The molecule has 1 heterocycles. The first-order valence-electron chi connectivity index (χ1n) is 7.76. The fourth-order valence-electron chi connectivity index (χ4n) is 2.25. The van der Waals surface area contributed by atoms with Crippen LogP contribution in [0.25, 0.3) is 0 Å². The molecule has 0 saturated carbocycles. The van der Waals surface area contributed by atoms with Crippen molar-refractivity contribution < 1.29 is 14.7 Å². The Morgan fingerprint density at radius 3 is 2.50 bits per heavy atom. The minimum atomic E-state index is -0.921. The van der Waals surface area contributed by atoms with Crippen LogP contribution in [-0.2, 0) is 4.79 Å². The molecule has 0 bridgehead atoms. The molecule has 2 atom stereocenters. The van der Waals surface area contributed by atoms with E-state index in [0.29, 0.717) is 0 Å². The van der Waals surface area contributed by atoms with Gasteiger partial charge >= 0.3 is 0 Å². The molecule has 0 fully saturated rings. The molecule has 1 rings (SSSR count). The minimum absolute atomic E-state index is 0.00527. The molecule has 4 nitrogen and oxygen atoms in total. The molecule has 124 valence electrons. The zero-order valence-electron chi connectivity index (χ0n) is 14.2. The maximum Gasteiger partial charge on any atom is 0.220 e. The van der Waals surface area contributed by atoms with E-state index in [0.717, 1.165) is 21.7 Å². The van der Waals surface area contributed by atoms with Crippen LogP contribution in [0.15, 0.2) is 6.07 Å². The number of ketones is 1. The van der Waals surface area contributed by atoms with Crippen LogP contribution in [0.2, 0.25) is 0 Å². The van der Waals surface area contributed by atoms with Crippen molar-refractivity contribution in [2.24, 2.45) is 5.92 Å². The standard InChI is InChI=1S/C17H27NO3S/c1-6-11(2)17(5,21)10-18-16(20)8-7-15(19)14-9-12(3)22-13(14)4/h9,11,21H,6-8,10H2,1-5H3,(H,18,20). The number of hydrogen-bond acceptors (Lipinski definition) is 4. The van der Waals surface area contributed by atoms with Gasteiger partial charge in [-0.1, -0.05) is 20.3 Å². The van der Waals surface area contributed by atoms with Crippen molar-refractivity contribution in [2.45, 2.75) is 59.5 Å². The second kappa shape index (κ2) is 7.88. The molecule has 0 aliphatic rings. The number of thiophene rings is 1. The monoisotopic (exact) mass is 325 g/mol. The number of carbonyl (C=O) groups is 2. The summed E-state index contributed by atoms with van der Waals surface area (Å²) in [4.78, 5) is 26.1. The van der Waals surface area contributed by atoms with Gasteiger partial charge < -0.3 is 10.4 Å². The summed E-state index contributed by atoms with van der Waals surface area (Å²) < 4.78 is 0. The maximum atomic E-state index is 12.1. The van der Waals surface area contributed by atoms with Crippen molar-refractivity contribution in [3.63, 3.8) is 0 Å². The SMILES string of the molecule is CCC(C)C(C)(O)CNC(=O)CCC(=O)c1cc(C)sc1C. The van der Waals surface area contributed by atoms with Crippen molar-refractivity contribution in [3.05, 3.63) is 21.4 Å². The van der Waals surface area contributed by atoms with E-state index in [1.54, 1.807) is 18.3 Å². The zero-order chi connectivity index (χ0) is 16.9. The molecule has 22 heavy (non-hydrogen) atoms. The van der Waals surface area contributed by atoms with Crippen LogP contribution in [0.4, 0.5) is 0 Å². The summed E-state index contributed by atoms with van der Waals surface area (Å²) >= 11 is 1.60. The first kappa shape index (κ1) is 18.8. The number of hydrogen-bond donors (Lipinski definition) is 2. The van der Waals surface area contributed by atoms with Crippen LogP contribution in [0, 0.1) is 19.8 Å². The van der Waals surface area contributed by atoms with Crippen LogP contribution in [0.1, 0.15) is 60.1 Å². The van der Waals surface area contributed by atoms with Gasteiger partial charge in [-0.15, -0.1) is 11.3 Å². The van der Waals surface area contributed by atoms with Gasteiger partial charge in [-0.3, -0.25) is 9.59 Å². The largest absolute Gasteiger partial charge is 0.388 e. The van der Waals surface area contributed by atoms with E-state index in [4.69, 9.17) is 0 Å². The lowest BCUT2D eigenvalue weighted by molar-refractivity contribution is -0.122. The molecule has 0 spiro atoms. The van der Waals surface area contributed by atoms with Gasteiger partial charge in [-0.05, 0) is 32.8 Å². The lowest BCUT2D eigenvalue weighted by atomic mass is 9.88. The Bertz CT molecular complexity index is 534. The fourth-order valence-corrected chi connectivity index (χ4v) is 3.19. The number of amides is 1. The number of aryl methyl sites for hydroxylation is 2. The third kappa shape index (κ3) is 5.21. The quantitative estimate of drug-likeness (QED) is 0.721. The summed E-state index contributed by atoms with van der Waals surface area (Å²) in [5.74, 6) is -0.0851. The van der Waals surface area contributed by atoms with Crippen LogP contribution in [-0.4, -0.2) is 28.9 Å². The predicted molar refractivity (Wildman–Crippen MR) is 90.4 cm³/mol. The average molecular weight is 325 g/mol. The van der Waals surface area contributed by atoms with Crippen LogP contribution in [0.3, 0.4) is 0 Å². The van der Waals surface area contributed by atoms with Gasteiger partial charge in [0.25, 0.3) is 0 Å². The lowest BCUT2D eigenvalue weighted by Crippen LogP contribution is -2.45. The third-order valence-electron chi connectivity index (χ3n) is 4.24. The van der Waals surface area contributed by atoms with Gasteiger partial charge in [0.15, 0.2) is 5.78 Å². The highest BCUT2D eigenvalue weighted by Gasteiger charge is 2.27. The Morgan fingerprint density at radius 1 is 1.36 bits per heavy atom. The van der Waals surface area contributed by atoms with Crippen molar-refractivity contribution in [3.8, 4) is 0 Å². The first-order valence-corrected chi connectivity index (χ1v) is 8.58. The van der Waals surface area contributed by atoms with E-state index < -0.39 is 5.60 Å². The van der Waals surface area contributed by atoms with Crippen LogP contribution >= 0.6 is 11.3 Å². The second-order valence-corrected chi connectivity index (χ2v) is 7.65. The number of aliphatic hydroxyl groups is 1. The van der Waals surface area contributed by atoms with E-state index in [2.05, 4.69) is 5.32 Å². The Hall–Kier alpha value is -1.20. The van der Waals surface area contributed by atoms with Gasteiger partial charge in [-0.25, -0.2) is 0 Å². The van der Waals surface area contributed by atoms with Crippen molar-refractivity contribution >= 4 is 23.0 Å². The predicted octanol–water partition coefficient (Wildman–Crippen LogP) is 3.24. The summed E-state index contributed by atoms with van der Waals surface area (Å²) in [6, 6.07) is 1.88. The summed E-state index contributed by atoms with van der Waals surface area (Å²) in [5, 5.41) is 13.0. The number of rotatable bonds is 8. The highest BCUT2D eigenvalue weighted by Crippen LogP contribution is 2.22. The highest BCUT2D eigenvalue weighted by molar-refractivity contribution is 7.12. The third-order valence-corrected chi connectivity index (χ3v) is 5.20. The smallest absolute Gasteiger partial charge is 0.220 e. The Labute approximate surface area is 136 Å². The van der Waals surface area contributed by atoms with Crippen LogP contribution in [0.5, 0.6) is 0 Å². The number of nitrogens with one attached hydrogen (secondary N) is 1. The lowest BCUT2D eigenvalue weighted by Gasteiger charge is -2.29. The summed E-state index contributed by atoms with van der Waals surface area (Å²) in [6.45, 7) is 9.80. The van der Waals surface area contributed by atoms with E-state index in [9.17, 15) is 14.7 Å². The summed E-state index contributed by atoms with van der Waals surface area (Å²) in [5.41, 5.74) is -0.197. The van der Waals surface area contributed by atoms with Crippen LogP contribution < -0.4 is 5.32 Å². The molecule has 1 aromatic heterocycles. The molecule has 0 aromatic carbocycles. The Morgan fingerprint density at radius 2 is 2.00 bits per heavy atom. The maximum absolute atomic E-state index is 12.1. The molecule has 0 aliphatic carbocycles. The van der Waals surface area contributed by atoms with E-state index >= 15 is 0 Å². The molecular weight excluding hydrogens is 298 g/mol. The Balaban J connectivity index is 2.43. The Kier molecular flexibility index (Phi) is 6.75. The molecular formula is C17H27NO3S. The normalized spacial score (nSPS) is 15.2. The highest BCUT2D eigenvalue weighted by atomic mass is 32.1. The number of carbonyl (C=O) groups excluding carboxylic acids is 2. The van der Waals surface area contributed by atoms with Gasteiger partial charge in [-0.2, -0.15) is 0 Å². The molecule has 5 heteroatoms. The van der Waals surface area contributed by atoms with Gasteiger partial charge in [0, 0.05) is 34.7 Å². The summed E-state index contributed by atoms with van der Waals surface area (Å²) in [7, 11) is 0. The summed E-state index contributed by atoms with van der Waals surface area (Å²) in [6.07, 6.45) is 1.20. The van der Waals surface area contributed by atoms with Crippen molar-refractivity contribution in [1.82, 2.24) is 5.32 Å². The molecule has 0 saturated heterocycles. The van der Waals surface area contributed by atoms with Gasteiger partial charge in [0.05, 0.1) is 5.60 Å². The van der Waals surface area contributed by atoms with E-state index in [-0.39, 0.29) is 37.0 Å². The second-order valence-electron chi connectivity index (χ2n) is 6.19. The first-order chi connectivity index (χ1) is 10.2. The molecule has 0 radical (unpaired) electrons. The molecule has 1 amide bonds. The fraction of sp³-hybridized carbons (Fsp3) is 0.647. The van der Waals surface area contributed by atoms with Gasteiger partial charge in [0.1, 0.15) is 0 Å². The van der Waals surface area contributed by atoms with E-state index in [1.165, 1.54) is 0 Å². The molecule has 0 aliphatic heterocycles. The minimum Gasteiger partial charge on any atom is -0.388 e. The zero-order valence-corrected chi connectivity index (χ0v) is 15.0. The molecule has 2 unspecified atom stereocenters. The van der Waals surface area contributed by atoms with Crippen molar-refractivity contribution in [1.29, 1.82) is 0 Å². The molecule has 1 aromatic rings. The number of Topliss-reactive ketones (excluding diaryl/α,β-unsaturated/α-hetero) is 1. The van der Waals surface area contributed by atoms with Crippen molar-refractivity contribution in [2.75, 3.05) is 6.54 Å². The van der Waals surface area contributed by atoms with E-state index in [1.807, 2.05) is 33.8 Å². The molecule has 2 N–H and O–H groups in total. The average Bonchev–Trinajstić information content (AvgIpc) is 2.80. The van der Waals surface area contributed by atoms with Gasteiger partial charge in [0.2, 0.25) is 5.91 Å². The topological polar surface area (TPSA) is 66.4 Å².